The van der Waals surface area contributed by atoms with Crippen LogP contribution in [-0.4, -0.2) is 12.3 Å². The number of rotatable bonds is 4. The van der Waals surface area contributed by atoms with Crippen LogP contribution in [0.4, 0.5) is 0 Å². The third kappa shape index (κ3) is 3.08. The van der Waals surface area contributed by atoms with Gasteiger partial charge in [-0.2, -0.15) is 0 Å². The fourth-order valence-corrected chi connectivity index (χ4v) is 2.66. The first-order valence-electron chi connectivity index (χ1n) is 4.95. The molecule has 2 rings (SSSR count). The van der Waals surface area contributed by atoms with Crippen molar-refractivity contribution in [3.63, 3.8) is 0 Å². The van der Waals surface area contributed by atoms with Crippen molar-refractivity contribution in [2.75, 3.05) is 6.54 Å². The SMILES string of the molecule is O=C1C=C(NCCc2ccc(Cl)s2)CC1. The van der Waals surface area contributed by atoms with Gasteiger partial charge in [0.25, 0.3) is 0 Å². The summed E-state index contributed by atoms with van der Waals surface area (Å²) in [6.45, 7) is 0.871. The number of carbonyl (C=O) groups is 1. The minimum absolute atomic E-state index is 0.233. The Morgan fingerprint density at radius 2 is 2.27 bits per heavy atom. The molecule has 0 aromatic carbocycles. The lowest BCUT2D eigenvalue weighted by molar-refractivity contribution is -0.114. The van der Waals surface area contributed by atoms with Gasteiger partial charge in [0, 0.05) is 29.6 Å². The van der Waals surface area contributed by atoms with Gasteiger partial charge in [-0.05, 0) is 25.0 Å². The van der Waals surface area contributed by atoms with Crippen LogP contribution in [0.25, 0.3) is 0 Å². The van der Waals surface area contributed by atoms with Gasteiger partial charge in [0.15, 0.2) is 5.78 Å². The van der Waals surface area contributed by atoms with E-state index < -0.39 is 0 Å². The van der Waals surface area contributed by atoms with Gasteiger partial charge in [-0.25, -0.2) is 0 Å². The van der Waals surface area contributed by atoms with Crippen molar-refractivity contribution in [1.82, 2.24) is 5.32 Å². The summed E-state index contributed by atoms with van der Waals surface area (Å²) in [4.78, 5) is 12.2. The van der Waals surface area contributed by atoms with Gasteiger partial charge < -0.3 is 5.32 Å². The van der Waals surface area contributed by atoms with Gasteiger partial charge in [0.2, 0.25) is 0 Å². The third-order valence-corrected chi connectivity index (χ3v) is 3.62. The Hall–Kier alpha value is -0.800. The number of nitrogens with one attached hydrogen (secondary N) is 1. The standard InChI is InChI=1S/C11H12ClNOS/c12-11-4-3-10(15-11)5-6-13-8-1-2-9(14)7-8/h3-4,7,13H,1-2,5-6H2. The number of carbonyl (C=O) groups excluding carboxylic acids is 1. The zero-order chi connectivity index (χ0) is 10.7. The van der Waals surface area contributed by atoms with Crippen LogP contribution in [-0.2, 0) is 11.2 Å². The number of hydrogen-bond donors (Lipinski definition) is 1. The van der Waals surface area contributed by atoms with E-state index in [1.807, 2.05) is 12.1 Å². The topological polar surface area (TPSA) is 29.1 Å². The fraction of sp³-hybridized carbons (Fsp3) is 0.364. The minimum Gasteiger partial charge on any atom is -0.388 e. The van der Waals surface area contributed by atoms with Crippen molar-refractivity contribution < 1.29 is 4.79 Å². The Kier molecular flexibility index (Phi) is 3.44. The molecule has 0 unspecified atom stereocenters. The van der Waals surface area contributed by atoms with E-state index in [2.05, 4.69) is 5.32 Å². The molecule has 0 amide bonds. The van der Waals surface area contributed by atoms with E-state index in [1.54, 1.807) is 17.4 Å². The van der Waals surface area contributed by atoms with E-state index in [1.165, 1.54) is 4.88 Å². The van der Waals surface area contributed by atoms with Crippen molar-refractivity contribution in [2.24, 2.45) is 0 Å². The van der Waals surface area contributed by atoms with Crippen LogP contribution >= 0.6 is 22.9 Å². The quantitative estimate of drug-likeness (QED) is 0.878. The van der Waals surface area contributed by atoms with Crippen LogP contribution in [0.2, 0.25) is 4.34 Å². The summed E-state index contributed by atoms with van der Waals surface area (Å²) in [5, 5.41) is 3.27. The molecule has 4 heteroatoms. The third-order valence-electron chi connectivity index (χ3n) is 2.33. The first-order chi connectivity index (χ1) is 7.24. The van der Waals surface area contributed by atoms with E-state index in [4.69, 9.17) is 11.6 Å². The summed E-state index contributed by atoms with van der Waals surface area (Å²) in [5.74, 6) is 0.233. The molecule has 1 aromatic rings. The Morgan fingerprint density at radius 1 is 1.40 bits per heavy atom. The molecule has 0 spiro atoms. The highest BCUT2D eigenvalue weighted by Crippen LogP contribution is 2.21. The zero-order valence-corrected chi connectivity index (χ0v) is 9.83. The second-order valence-electron chi connectivity index (χ2n) is 3.52. The molecule has 0 aliphatic heterocycles. The van der Waals surface area contributed by atoms with Crippen molar-refractivity contribution in [3.05, 3.63) is 33.1 Å². The fourth-order valence-electron chi connectivity index (χ4n) is 1.57. The first-order valence-corrected chi connectivity index (χ1v) is 6.15. The smallest absolute Gasteiger partial charge is 0.157 e. The van der Waals surface area contributed by atoms with Crippen LogP contribution in [0.5, 0.6) is 0 Å². The molecule has 0 atom stereocenters. The van der Waals surface area contributed by atoms with Crippen LogP contribution < -0.4 is 5.32 Å². The second kappa shape index (κ2) is 4.81. The molecule has 0 fully saturated rings. The Bertz CT molecular complexity index is 397. The molecule has 1 aromatic heterocycles. The van der Waals surface area contributed by atoms with Crippen LogP contribution in [0, 0.1) is 0 Å². The molecule has 0 saturated carbocycles. The summed E-state index contributed by atoms with van der Waals surface area (Å²) in [7, 11) is 0. The number of thiophene rings is 1. The maximum Gasteiger partial charge on any atom is 0.157 e. The van der Waals surface area contributed by atoms with E-state index in [-0.39, 0.29) is 5.78 Å². The monoisotopic (exact) mass is 241 g/mol. The van der Waals surface area contributed by atoms with Gasteiger partial charge in [-0.3, -0.25) is 4.79 Å². The highest BCUT2D eigenvalue weighted by atomic mass is 35.5. The number of halogens is 1. The first kappa shape index (κ1) is 10.7. The van der Waals surface area contributed by atoms with Gasteiger partial charge in [0.1, 0.15) is 0 Å². The number of hydrogen-bond acceptors (Lipinski definition) is 3. The van der Waals surface area contributed by atoms with Gasteiger partial charge >= 0.3 is 0 Å². The molecule has 1 aliphatic rings. The van der Waals surface area contributed by atoms with Gasteiger partial charge in [-0.1, -0.05) is 11.6 Å². The lowest BCUT2D eigenvalue weighted by atomic mass is 10.3. The van der Waals surface area contributed by atoms with Crippen LogP contribution in [0.3, 0.4) is 0 Å². The zero-order valence-electron chi connectivity index (χ0n) is 8.25. The summed E-state index contributed by atoms with van der Waals surface area (Å²) in [5.41, 5.74) is 1.07. The maximum absolute atomic E-state index is 11.0. The molecule has 0 radical (unpaired) electrons. The highest BCUT2D eigenvalue weighted by molar-refractivity contribution is 7.16. The molecule has 0 bridgehead atoms. The van der Waals surface area contributed by atoms with Gasteiger partial charge in [0.05, 0.1) is 4.34 Å². The Morgan fingerprint density at radius 3 is 2.87 bits per heavy atom. The van der Waals surface area contributed by atoms with Crippen molar-refractivity contribution >= 4 is 28.7 Å². The molecular weight excluding hydrogens is 230 g/mol. The molecule has 15 heavy (non-hydrogen) atoms. The maximum atomic E-state index is 11.0. The molecule has 1 aliphatic carbocycles. The van der Waals surface area contributed by atoms with Crippen LogP contribution in [0.15, 0.2) is 23.9 Å². The van der Waals surface area contributed by atoms with Crippen LogP contribution in [0.1, 0.15) is 17.7 Å². The Balaban J connectivity index is 1.75. The average Bonchev–Trinajstić information content (AvgIpc) is 2.76. The number of allylic oxidation sites excluding steroid dienone is 2. The molecule has 2 nitrogen and oxygen atoms in total. The minimum atomic E-state index is 0.233. The predicted octanol–water partition coefficient (Wildman–Crippen LogP) is 2.78. The summed E-state index contributed by atoms with van der Waals surface area (Å²) in [6, 6.07) is 3.96. The number of ketones is 1. The molecular formula is C11H12ClNOS. The van der Waals surface area contributed by atoms with E-state index >= 15 is 0 Å². The summed E-state index contributed by atoms with van der Waals surface area (Å²) < 4.78 is 0.834. The molecule has 80 valence electrons. The largest absolute Gasteiger partial charge is 0.388 e. The summed E-state index contributed by atoms with van der Waals surface area (Å²) in [6.07, 6.45) is 4.20. The second-order valence-corrected chi connectivity index (χ2v) is 5.32. The molecule has 0 saturated heterocycles. The van der Waals surface area contributed by atoms with E-state index in [0.29, 0.717) is 6.42 Å². The summed E-state index contributed by atoms with van der Waals surface area (Å²) >= 11 is 7.44. The van der Waals surface area contributed by atoms with Crippen molar-refractivity contribution in [1.29, 1.82) is 0 Å². The van der Waals surface area contributed by atoms with Crippen molar-refractivity contribution in [2.45, 2.75) is 19.3 Å². The highest BCUT2D eigenvalue weighted by Gasteiger charge is 2.10. The van der Waals surface area contributed by atoms with Gasteiger partial charge in [-0.15, -0.1) is 11.3 Å². The van der Waals surface area contributed by atoms with E-state index in [9.17, 15) is 4.79 Å². The van der Waals surface area contributed by atoms with E-state index in [0.717, 1.165) is 29.4 Å². The predicted molar refractivity (Wildman–Crippen MR) is 63.4 cm³/mol. The van der Waals surface area contributed by atoms with Crippen molar-refractivity contribution in [3.8, 4) is 0 Å². The lowest BCUT2D eigenvalue weighted by Gasteiger charge is -2.04. The lowest BCUT2D eigenvalue weighted by Crippen LogP contribution is -2.14. The molecule has 1 N–H and O–H groups in total. The average molecular weight is 242 g/mol. The Labute approximate surface area is 97.9 Å². The normalized spacial score (nSPS) is 15.5. The molecule has 1 heterocycles.